The maximum absolute atomic E-state index is 13.6. The highest BCUT2D eigenvalue weighted by Gasteiger charge is 2.13. The van der Waals surface area contributed by atoms with Crippen LogP contribution >= 0.6 is 22.6 Å². The summed E-state index contributed by atoms with van der Waals surface area (Å²) in [4.78, 5) is 20.5. The molecule has 156 valence electrons. The lowest BCUT2D eigenvalue weighted by molar-refractivity contribution is 0.933. The predicted molar refractivity (Wildman–Crippen MR) is 139 cm³/mol. The van der Waals surface area contributed by atoms with E-state index >= 15 is 0 Å². The number of rotatable bonds is 4. The Morgan fingerprint density at radius 1 is 0.935 bits per heavy atom. The maximum Gasteiger partial charge on any atom is 0.266 e. The van der Waals surface area contributed by atoms with Gasteiger partial charge in [0.1, 0.15) is 5.82 Å². The second-order valence-corrected chi connectivity index (χ2v) is 9.13. The highest BCUT2D eigenvalue weighted by molar-refractivity contribution is 14.1. The summed E-state index contributed by atoms with van der Waals surface area (Å²) in [6.45, 7) is 4.08. The van der Waals surface area contributed by atoms with Crippen LogP contribution < -0.4 is 10.5 Å². The zero-order valence-electron chi connectivity index (χ0n) is 18.1. The molecular weight excluding hydrogens is 497 g/mol. The van der Waals surface area contributed by atoms with Gasteiger partial charge in [0.05, 0.1) is 16.6 Å². The van der Waals surface area contributed by atoms with E-state index in [0.29, 0.717) is 16.7 Å². The van der Waals surface area contributed by atoms with Crippen molar-refractivity contribution in [3.63, 3.8) is 0 Å². The minimum absolute atomic E-state index is 0.0573. The van der Waals surface area contributed by atoms with Crippen molar-refractivity contribution in [1.29, 1.82) is 0 Å². The number of aromatic nitrogens is 2. The Morgan fingerprint density at radius 3 is 2.35 bits per heavy atom. The molecule has 0 saturated heterocycles. The summed E-state index contributed by atoms with van der Waals surface area (Å²) in [7, 11) is 4.04. The molecule has 1 heterocycles. The molecule has 1 aromatic heterocycles. The fourth-order valence-electron chi connectivity index (χ4n) is 3.63. The Morgan fingerprint density at radius 2 is 1.68 bits per heavy atom. The van der Waals surface area contributed by atoms with Crippen LogP contribution in [0.25, 0.3) is 28.7 Å². The molecule has 0 spiro atoms. The third-order valence-electron chi connectivity index (χ3n) is 5.28. The van der Waals surface area contributed by atoms with Crippen molar-refractivity contribution in [2.45, 2.75) is 13.8 Å². The summed E-state index contributed by atoms with van der Waals surface area (Å²) in [5.41, 5.74) is 5.89. The predicted octanol–water partition coefficient (Wildman–Crippen LogP) is 5.84. The molecule has 0 bridgehead atoms. The number of hydrogen-bond donors (Lipinski definition) is 0. The van der Waals surface area contributed by atoms with Gasteiger partial charge in [0.2, 0.25) is 0 Å². The number of fused-ring (bicyclic) bond motifs is 1. The molecular formula is C26H24IN3O. The number of halogens is 1. The van der Waals surface area contributed by atoms with Crippen molar-refractivity contribution in [1.82, 2.24) is 9.55 Å². The van der Waals surface area contributed by atoms with Gasteiger partial charge in [-0.2, -0.15) is 0 Å². The molecule has 4 nitrogen and oxygen atoms in total. The van der Waals surface area contributed by atoms with Crippen LogP contribution in [0.15, 0.2) is 65.5 Å². The molecule has 0 saturated carbocycles. The molecule has 0 unspecified atom stereocenters. The standard InChI is InChI=1S/C26H24IN3O/c1-17-5-13-24(18(2)15-17)30-25(14-8-19-6-10-21(11-7-19)29(3)4)28-23-12-9-20(27)16-22(23)26(30)31/h5-16H,1-4H3. The SMILES string of the molecule is Cc1ccc(-n2c(C=Cc3ccc(N(C)C)cc3)nc3ccc(I)cc3c2=O)c(C)c1. The molecule has 0 aliphatic rings. The van der Waals surface area contributed by atoms with E-state index in [1.807, 2.05) is 63.5 Å². The molecule has 0 aliphatic heterocycles. The zero-order valence-corrected chi connectivity index (χ0v) is 20.2. The summed E-state index contributed by atoms with van der Waals surface area (Å²) in [6, 6.07) is 20.2. The minimum Gasteiger partial charge on any atom is -0.378 e. The van der Waals surface area contributed by atoms with Gasteiger partial charge in [0, 0.05) is 23.4 Å². The molecule has 4 rings (SSSR count). The first-order chi connectivity index (χ1) is 14.8. The number of hydrogen-bond acceptors (Lipinski definition) is 3. The van der Waals surface area contributed by atoms with Crippen LogP contribution in [0, 0.1) is 17.4 Å². The molecule has 31 heavy (non-hydrogen) atoms. The van der Waals surface area contributed by atoms with E-state index in [0.717, 1.165) is 31.6 Å². The monoisotopic (exact) mass is 521 g/mol. The van der Waals surface area contributed by atoms with Crippen molar-refractivity contribution in [2.75, 3.05) is 19.0 Å². The summed E-state index contributed by atoms with van der Waals surface area (Å²) in [5, 5.41) is 0.624. The topological polar surface area (TPSA) is 38.1 Å². The van der Waals surface area contributed by atoms with Crippen LogP contribution in [0.2, 0.25) is 0 Å². The van der Waals surface area contributed by atoms with Crippen LogP contribution in [0.5, 0.6) is 0 Å². The van der Waals surface area contributed by atoms with E-state index < -0.39 is 0 Å². The number of benzene rings is 3. The molecule has 0 aliphatic carbocycles. The van der Waals surface area contributed by atoms with E-state index in [9.17, 15) is 4.79 Å². The summed E-state index contributed by atoms with van der Waals surface area (Å²) < 4.78 is 2.73. The summed E-state index contributed by atoms with van der Waals surface area (Å²) >= 11 is 2.23. The molecule has 4 aromatic rings. The van der Waals surface area contributed by atoms with Gasteiger partial charge in [-0.05, 0) is 90.0 Å². The molecule has 0 N–H and O–H groups in total. The van der Waals surface area contributed by atoms with Gasteiger partial charge in [-0.25, -0.2) is 4.98 Å². The fourth-order valence-corrected chi connectivity index (χ4v) is 4.12. The average molecular weight is 521 g/mol. The largest absolute Gasteiger partial charge is 0.378 e. The van der Waals surface area contributed by atoms with Gasteiger partial charge in [-0.15, -0.1) is 0 Å². The molecule has 0 fully saturated rings. The van der Waals surface area contributed by atoms with Gasteiger partial charge < -0.3 is 4.90 Å². The van der Waals surface area contributed by atoms with Crippen LogP contribution in [0.4, 0.5) is 5.69 Å². The minimum atomic E-state index is -0.0573. The van der Waals surface area contributed by atoms with Crippen molar-refractivity contribution in [3.05, 3.63) is 97.1 Å². The second-order valence-electron chi connectivity index (χ2n) is 7.88. The van der Waals surface area contributed by atoms with E-state index in [2.05, 4.69) is 64.7 Å². The van der Waals surface area contributed by atoms with Gasteiger partial charge >= 0.3 is 0 Å². The zero-order chi connectivity index (χ0) is 22.1. The molecule has 0 atom stereocenters. The summed E-state index contributed by atoms with van der Waals surface area (Å²) in [5.74, 6) is 0.613. The van der Waals surface area contributed by atoms with E-state index in [1.165, 1.54) is 0 Å². The lowest BCUT2D eigenvalue weighted by Gasteiger charge is -2.14. The Labute approximate surface area is 196 Å². The van der Waals surface area contributed by atoms with Crippen molar-refractivity contribution in [2.24, 2.45) is 0 Å². The lowest BCUT2D eigenvalue weighted by Crippen LogP contribution is -2.23. The second kappa shape index (κ2) is 8.67. The average Bonchev–Trinajstić information content (AvgIpc) is 2.74. The number of anilines is 1. The third kappa shape index (κ3) is 4.42. The molecule has 0 amide bonds. The summed E-state index contributed by atoms with van der Waals surface area (Å²) in [6.07, 6.45) is 3.92. The normalized spacial score (nSPS) is 11.4. The van der Waals surface area contributed by atoms with Crippen LogP contribution in [-0.2, 0) is 0 Å². The highest BCUT2D eigenvalue weighted by atomic mass is 127. The third-order valence-corrected chi connectivity index (χ3v) is 5.95. The molecule has 5 heteroatoms. The Kier molecular flexibility index (Phi) is 5.96. The van der Waals surface area contributed by atoms with Crippen molar-refractivity contribution >= 4 is 51.3 Å². The maximum atomic E-state index is 13.6. The number of nitrogens with zero attached hydrogens (tertiary/aromatic N) is 3. The quantitative estimate of drug-likeness (QED) is 0.317. The van der Waals surface area contributed by atoms with Crippen molar-refractivity contribution in [3.8, 4) is 5.69 Å². The Hall–Kier alpha value is -2.93. The van der Waals surface area contributed by atoms with E-state index in [1.54, 1.807) is 4.57 Å². The van der Waals surface area contributed by atoms with Crippen molar-refractivity contribution < 1.29 is 0 Å². The smallest absolute Gasteiger partial charge is 0.266 e. The van der Waals surface area contributed by atoms with Gasteiger partial charge in [0.15, 0.2) is 0 Å². The van der Waals surface area contributed by atoms with Crippen LogP contribution in [0.1, 0.15) is 22.5 Å². The lowest BCUT2D eigenvalue weighted by atomic mass is 10.1. The molecule has 3 aromatic carbocycles. The first kappa shape index (κ1) is 21.3. The van der Waals surface area contributed by atoms with Gasteiger partial charge in [0.25, 0.3) is 5.56 Å². The first-order valence-corrected chi connectivity index (χ1v) is 11.2. The fraction of sp³-hybridized carbons (Fsp3) is 0.154. The highest BCUT2D eigenvalue weighted by Crippen LogP contribution is 2.21. The molecule has 0 radical (unpaired) electrons. The Bertz CT molecular complexity index is 1350. The first-order valence-electron chi connectivity index (χ1n) is 10.1. The van der Waals surface area contributed by atoms with E-state index in [4.69, 9.17) is 4.98 Å². The van der Waals surface area contributed by atoms with Gasteiger partial charge in [-0.1, -0.05) is 35.9 Å². The van der Waals surface area contributed by atoms with E-state index in [-0.39, 0.29) is 5.56 Å². The van der Waals surface area contributed by atoms with Crippen LogP contribution in [0.3, 0.4) is 0 Å². The van der Waals surface area contributed by atoms with Gasteiger partial charge in [-0.3, -0.25) is 9.36 Å². The Balaban J connectivity index is 1.90. The van der Waals surface area contributed by atoms with Crippen LogP contribution in [-0.4, -0.2) is 23.6 Å². The number of aryl methyl sites for hydroxylation is 2.